The van der Waals surface area contributed by atoms with Gasteiger partial charge < -0.3 is 9.90 Å². The van der Waals surface area contributed by atoms with Crippen molar-refractivity contribution in [2.45, 2.75) is 32.3 Å². The van der Waals surface area contributed by atoms with Crippen LogP contribution in [-0.4, -0.2) is 28.6 Å². The fourth-order valence-corrected chi connectivity index (χ4v) is 0.890. The summed E-state index contributed by atoms with van der Waals surface area (Å²) in [4.78, 5) is 31.5. The summed E-state index contributed by atoms with van der Waals surface area (Å²) in [5.74, 6) is -0.862. The second-order valence-corrected chi connectivity index (χ2v) is 2.84. The topological polar surface area (TPSA) is 71.4 Å². The van der Waals surface area contributed by atoms with Gasteiger partial charge in [0, 0.05) is 12.8 Å². The van der Waals surface area contributed by atoms with Gasteiger partial charge in [-0.25, -0.2) is 0 Å². The first-order chi connectivity index (χ1) is 5.42. The summed E-state index contributed by atoms with van der Waals surface area (Å²) in [5.41, 5.74) is -1.78. The van der Waals surface area contributed by atoms with E-state index < -0.39 is 11.4 Å². The minimum Gasteiger partial charge on any atom is -0.381 e. The Morgan fingerprint density at radius 3 is 2.17 bits per heavy atom. The zero-order valence-electron chi connectivity index (χ0n) is 7.16. The molecule has 0 aliphatic heterocycles. The van der Waals surface area contributed by atoms with Crippen LogP contribution in [0.15, 0.2) is 0 Å². The quantitative estimate of drug-likeness (QED) is 0.586. The maximum absolute atomic E-state index is 10.8. The van der Waals surface area contributed by atoms with E-state index in [1.165, 1.54) is 6.92 Å². The Morgan fingerprint density at radius 2 is 1.92 bits per heavy atom. The molecule has 0 rings (SSSR count). The third-order valence-corrected chi connectivity index (χ3v) is 1.62. The molecular weight excluding hydrogens is 160 g/mol. The predicted molar refractivity (Wildman–Crippen MR) is 41.6 cm³/mol. The molecule has 0 aromatic heterocycles. The highest BCUT2D eigenvalue weighted by atomic mass is 16.3. The van der Waals surface area contributed by atoms with Crippen LogP contribution in [-0.2, 0) is 14.4 Å². The first-order valence-corrected chi connectivity index (χ1v) is 3.59. The van der Waals surface area contributed by atoms with Gasteiger partial charge in [-0.05, 0) is 13.8 Å². The van der Waals surface area contributed by atoms with E-state index in [9.17, 15) is 19.5 Å². The lowest BCUT2D eigenvalue weighted by Crippen LogP contribution is -2.39. The first kappa shape index (κ1) is 11.0. The molecule has 4 heteroatoms. The molecule has 0 unspecified atom stereocenters. The van der Waals surface area contributed by atoms with Crippen molar-refractivity contribution in [2.24, 2.45) is 0 Å². The number of Topliss-reactive ketones (excluding diaryl/α,β-unsaturated/α-hetero) is 2. The van der Waals surface area contributed by atoms with E-state index in [1.54, 1.807) is 0 Å². The molecule has 12 heavy (non-hydrogen) atoms. The van der Waals surface area contributed by atoms with Crippen molar-refractivity contribution in [1.29, 1.82) is 0 Å². The fourth-order valence-electron chi connectivity index (χ4n) is 0.890. The van der Waals surface area contributed by atoms with Crippen LogP contribution in [0, 0.1) is 0 Å². The van der Waals surface area contributed by atoms with Gasteiger partial charge in [0.25, 0.3) is 0 Å². The molecule has 0 aromatic carbocycles. The molecule has 0 spiro atoms. The average molecular weight is 172 g/mol. The summed E-state index contributed by atoms with van der Waals surface area (Å²) < 4.78 is 0. The monoisotopic (exact) mass is 172 g/mol. The van der Waals surface area contributed by atoms with Crippen LogP contribution in [0.3, 0.4) is 0 Å². The zero-order chi connectivity index (χ0) is 9.78. The van der Waals surface area contributed by atoms with Gasteiger partial charge >= 0.3 is 0 Å². The molecule has 0 saturated carbocycles. The maximum atomic E-state index is 10.8. The lowest BCUT2D eigenvalue weighted by atomic mass is 9.90. The zero-order valence-corrected chi connectivity index (χ0v) is 7.16. The number of carbonyl (C=O) groups excluding carboxylic acids is 3. The van der Waals surface area contributed by atoms with E-state index >= 15 is 0 Å². The van der Waals surface area contributed by atoms with Crippen molar-refractivity contribution in [3.63, 3.8) is 0 Å². The summed E-state index contributed by atoms with van der Waals surface area (Å²) in [6.07, 6.45) is -0.173. The van der Waals surface area contributed by atoms with Crippen molar-refractivity contribution in [2.75, 3.05) is 0 Å². The van der Waals surface area contributed by atoms with Crippen molar-refractivity contribution in [1.82, 2.24) is 0 Å². The molecule has 0 saturated heterocycles. The van der Waals surface area contributed by atoms with E-state index in [-0.39, 0.29) is 18.6 Å². The third kappa shape index (κ3) is 2.92. The van der Waals surface area contributed by atoms with E-state index in [2.05, 4.69) is 0 Å². The molecule has 0 aromatic rings. The van der Waals surface area contributed by atoms with E-state index in [0.717, 1.165) is 6.92 Å². The first-order valence-electron chi connectivity index (χ1n) is 3.59. The van der Waals surface area contributed by atoms with Crippen LogP contribution in [0.1, 0.15) is 26.7 Å². The molecule has 0 bridgehead atoms. The molecule has 4 nitrogen and oxygen atoms in total. The van der Waals surface area contributed by atoms with Crippen LogP contribution >= 0.6 is 0 Å². The van der Waals surface area contributed by atoms with E-state index in [0.29, 0.717) is 6.29 Å². The van der Waals surface area contributed by atoms with Crippen LogP contribution in [0.25, 0.3) is 0 Å². The van der Waals surface area contributed by atoms with Gasteiger partial charge in [0.2, 0.25) is 0 Å². The van der Waals surface area contributed by atoms with Gasteiger partial charge in [-0.1, -0.05) is 0 Å². The average Bonchev–Trinajstić information content (AvgIpc) is 1.85. The van der Waals surface area contributed by atoms with Crippen molar-refractivity contribution in [3.8, 4) is 0 Å². The molecule has 0 radical (unpaired) electrons. The highest BCUT2D eigenvalue weighted by Crippen LogP contribution is 2.15. The maximum Gasteiger partial charge on any atom is 0.162 e. The second kappa shape index (κ2) is 4.11. The Bertz CT molecular complexity index is 209. The van der Waals surface area contributed by atoms with Crippen LogP contribution in [0.5, 0.6) is 0 Å². The van der Waals surface area contributed by atoms with Crippen LogP contribution < -0.4 is 0 Å². The van der Waals surface area contributed by atoms with Gasteiger partial charge in [0.1, 0.15) is 17.7 Å². The standard InChI is InChI=1S/C8H12O4/c1-6(10)5-8(12,3-4-9)7(2)11/h4,12H,3,5H2,1-2H3/t8-/m1/s1. The lowest BCUT2D eigenvalue weighted by Gasteiger charge is -2.20. The van der Waals surface area contributed by atoms with E-state index in [4.69, 9.17) is 0 Å². The Morgan fingerprint density at radius 1 is 1.42 bits per heavy atom. The van der Waals surface area contributed by atoms with Crippen molar-refractivity contribution < 1.29 is 19.5 Å². The molecule has 68 valence electrons. The minimum absolute atomic E-state index is 0.291. The predicted octanol–water partition coefficient (Wildman–Crippen LogP) is -0.125. The summed E-state index contributed by atoms with van der Waals surface area (Å²) in [7, 11) is 0. The highest BCUT2D eigenvalue weighted by Gasteiger charge is 2.33. The molecule has 0 aliphatic carbocycles. The number of aldehydes is 1. The van der Waals surface area contributed by atoms with Crippen LogP contribution in [0.2, 0.25) is 0 Å². The van der Waals surface area contributed by atoms with Gasteiger partial charge in [-0.15, -0.1) is 0 Å². The Kier molecular flexibility index (Phi) is 3.76. The number of hydrogen-bond acceptors (Lipinski definition) is 4. The normalized spacial score (nSPS) is 14.9. The fraction of sp³-hybridized carbons (Fsp3) is 0.625. The Balaban J connectivity index is 4.49. The molecule has 0 aliphatic rings. The summed E-state index contributed by atoms with van der Waals surface area (Å²) in [6.45, 7) is 2.42. The minimum atomic E-state index is -1.78. The summed E-state index contributed by atoms with van der Waals surface area (Å²) in [5, 5.41) is 9.46. The third-order valence-electron chi connectivity index (χ3n) is 1.62. The molecule has 0 amide bonds. The molecule has 0 heterocycles. The largest absolute Gasteiger partial charge is 0.381 e. The van der Waals surface area contributed by atoms with Gasteiger partial charge in [-0.2, -0.15) is 0 Å². The lowest BCUT2D eigenvalue weighted by molar-refractivity contribution is -0.142. The Hall–Kier alpha value is -1.03. The van der Waals surface area contributed by atoms with Gasteiger partial charge in [0.05, 0.1) is 0 Å². The summed E-state index contributed by atoms with van der Waals surface area (Å²) in [6, 6.07) is 0. The number of aliphatic hydroxyl groups is 1. The Labute approximate surface area is 70.6 Å². The number of rotatable bonds is 5. The second-order valence-electron chi connectivity index (χ2n) is 2.84. The van der Waals surface area contributed by atoms with E-state index in [1.807, 2.05) is 0 Å². The number of hydrogen-bond donors (Lipinski definition) is 1. The SMILES string of the molecule is CC(=O)C[C@](O)(CC=O)C(C)=O. The van der Waals surface area contributed by atoms with Crippen LogP contribution in [0.4, 0.5) is 0 Å². The smallest absolute Gasteiger partial charge is 0.162 e. The molecular formula is C8H12O4. The number of carbonyl (C=O) groups is 3. The summed E-state index contributed by atoms with van der Waals surface area (Å²) >= 11 is 0. The number of ketones is 2. The van der Waals surface area contributed by atoms with Gasteiger partial charge in [0.15, 0.2) is 5.78 Å². The highest BCUT2D eigenvalue weighted by molar-refractivity contribution is 5.92. The van der Waals surface area contributed by atoms with Gasteiger partial charge in [-0.3, -0.25) is 9.59 Å². The van der Waals surface area contributed by atoms with Crippen molar-refractivity contribution in [3.05, 3.63) is 0 Å². The molecule has 1 N–H and O–H groups in total. The molecule has 1 atom stereocenters. The molecule has 0 fully saturated rings. The van der Waals surface area contributed by atoms with Crippen molar-refractivity contribution >= 4 is 17.9 Å².